The van der Waals surface area contributed by atoms with Crippen LogP contribution in [-0.2, 0) is 6.54 Å². The number of nitrogens with one attached hydrogen (secondary N) is 1. The molecule has 138 valence electrons. The van der Waals surface area contributed by atoms with Crippen LogP contribution in [-0.4, -0.2) is 25.8 Å². The van der Waals surface area contributed by atoms with E-state index < -0.39 is 0 Å². The van der Waals surface area contributed by atoms with Gasteiger partial charge in [0.15, 0.2) is 0 Å². The summed E-state index contributed by atoms with van der Waals surface area (Å²) in [6, 6.07) is 12.6. The van der Waals surface area contributed by atoms with Gasteiger partial charge in [-0.2, -0.15) is 0 Å². The molecule has 28 heavy (non-hydrogen) atoms. The highest BCUT2D eigenvalue weighted by Crippen LogP contribution is 2.22. The molecule has 1 aromatic carbocycles. The average Bonchev–Trinajstić information content (AvgIpc) is 2.74. The van der Waals surface area contributed by atoms with Crippen LogP contribution >= 0.6 is 0 Å². The first-order valence-corrected chi connectivity index (χ1v) is 8.72. The van der Waals surface area contributed by atoms with Crippen LogP contribution < -0.4 is 10.1 Å². The van der Waals surface area contributed by atoms with Crippen LogP contribution in [0.3, 0.4) is 0 Å². The molecular weight excluding hydrogens is 354 g/mol. The number of pyridine rings is 2. The van der Waals surface area contributed by atoms with E-state index in [-0.39, 0.29) is 12.5 Å². The van der Waals surface area contributed by atoms with Crippen molar-refractivity contribution in [3.05, 3.63) is 84.1 Å². The van der Waals surface area contributed by atoms with Gasteiger partial charge in [0.1, 0.15) is 5.75 Å². The number of aryl methyl sites for hydroxylation is 1. The lowest BCUT2D eigenvalue weighted by Gasteiger charge is -2.11. The van der Waals surface area contributed by atoms with Gasteiger partial charge in [0.2, 0.25) is 5.88 Å². The Labute approximate surface area is 161 Å². The summed E-state index contributed by atoms with van der Waals surface area (Å²) in [7, 11) is 0. The van der Waals surface area contributed by atoms with E-state index in [1.165, 1.54) is 0 Å². The van der Waals surface area contributed by atoms with E-state index in [0.717, 1.165) is 16.8 Å². The Balaban J connectivity index is 1.48. The highest BCUT2D eigenvalue weighted by atomic mass is 16.5. The first-order chi connectivity index (χ1) is 13.7. The number of hydrogen-bond acceptors (Lipinski definition) is 6. The van der Waals surface area contributed by atoms with Gasteiger partial charge in [0.25, 0.3) is 5.91 Å². The number of carbonyl (C=O) groups is 1. The van der Waals surface area contributed by atoms with Gasteiger partial charge >= 0.3 is 0 Å². The van der Waals surface area contributed by atoms with E-state index in [9.17, 15) is 4.79 Å². The van der Waals surface area contributed by atoms with Crippen LogP contribution in [0.1, 0.15) is 21.6 Å². The van der Waals surface area contributed by atoms with Crippen molar-refractivity contribution in [1.29, 1.82) is 0 Å². The first-order valence-electron chi connectivity index (χ1n) is 8.72. The molecule has 0 unspecified atom stereocenters. The molecule has 3 heterocycles. The molecule has 0 saturated heterocycles. The van der Waals surface area contributed by atoms with Crippen molar-refractivity contribution >= 4 is 16.9 Å². The maximum Gasteiger partial charge on any atom is 0.251 e. The third-order valence-corrected chi connectivity index (χ3v) is 4.12. The second-order valence-electron chi connectivity index (χ2n) is 6.15. The molecule has 0 aliphatic heterocycles. The normalized spacial score (nSPS) is 10.6. The topological polar surface area (TPSA) is 89.9 Å². The van der Waals surface area contributed by atoms with Crippen molar-refractivity contribution < 1.29 is 9.53 Å². The number of fused-ring (bicyclic) bond motifs is 1. The van der Waals surface area contributed by atoms with Gasteiger partial charge < -0.3 is 10.1 Å². The summed E-state index contributed by atoms with van der Waals surface area (Å²) < 4.78 is 5.82. The Morgan fingerprint density at radius 1 is 0.964 bits per heavy atom. The fourth-order valence-corrected chi connectivity index (χ4v) is 2.66. The number of aromatic nitrogens is 4. The zero-order chi connectivity index (χ0) is 19.3. The van der Waals surface area contributed by atoms with Gasteiger partial charge in [-0.1, -0.05) is 6.07 Å². The Hall–Kier alpha value is -3.87. The Morgan fingerprint density at radius 3 is 2.64 bits per heavy atom. The van der Waals surface area contributed by atoms with Crippen LogP contribution in [0.2, 0.25) is 0 Å². The smallest absolute Gasteiger partial charge is 0.251 e. The van der Waals surface area contributed by atoms with E-state index in [2.05, 4.69) is 25.3 Å². The first kappa shape index (κ1) is 17.5. The lowest BCUT2D eigenvalue weighted by Crippen LogP contribution is -2.23. The molecule has 0 atom stereocenters. The summed E-state index contributed by atoms with van der Waals surface area (Å²) in [5.41, 5.74) is 3.60. The molecule has 0 aliphatic rings. The molecule has 1 N–H and O–H groups in total. The number of hydrogen-bond donors (Lipinski definition) is 1. The van der Waals surface area contributed by atoms with E-state index in [1.807, 2.05) is 25.1 Å². The molecule has 0 bridgehead atoms. The third kappa shape index (κ3) is 3.93. The lowest BCUT2D eigenvalue weighted by atomic mass is 10.1. The van der Waals surface area contributed by atoms with Crippen molar-refractivity contribution in [2.75, 3.05) is 0 Å². The van der Waals surface area contributed by atoms with Crippen molar-refractivity contribution in [3.8, 4) is 11.6 Å². The van der Waals surface area contributed by atoms with E-state index >= 15 is 0 Å². The number of rotatable bonds is 5. The minimum atomic E-state index is -0.209. The minimum Gasteiger partial charge on any atom is -0.437 e. The molecule has 0 saturated carbocycles. The summed E-state index contributed by atoms with van der Waals surface area (Å²) >= 11 is 0. The van der Waals surface area contributed by atoms with Crippen LogP contribution in [0.5, 0.6) is 11.6 Å². The number of amides is 1. The van der Waals surface area contributed by atoms with Gasteiger partial charge in [-0.3, -0.25) is 19.7 Å². The number of carbonyl (C=O) groups excluding carboxylic acids is 1. The number of ether oxygens (including phenoxy) is 1. The number of benzene rings is 1. The highest BCUT2D eigenvalue weighted by Gasteiger charge is 2.11. The monoisotopic (exact) mass is 371 g/mol. The van der Waals surface area contributed by atoms with E-state index in [4.69, 9.17) is 4.74 Å². The number of nitrogens with zero attached hydrogens (tertiary/aromatic N) is 4. The maximum atomic E-state index is 12.5. The second-order valence-corrected chi connectivity index (χ2v) is 6.15. The predicted molar refractivity (Wildman–Crippen MR) is 104 cm³/mol. The van der Waals surface area contributed by atoms with Crippen LogP contribution in [0, 0.1) is 6.92 Å². The van der Waals surface area contributed by atoms with Crippen LogP contribution in [0.15, 0.2) is 67.3 Å². The molecule has 4 aromatic rings. The Bertz CT molecular complexity index is 1130. The summed E-state index contributed by atoms with van der Waals surface area (Å²) in [6.45, 7) is 2.18. The standard InChI is InChI=1S/C21H17N5O2/c1-14-4-6-17(13-25-14)28-21-16(3-2-8-24-21)12-26-20(27)15-5-7-18-19(11-15)23-10-9-22-18/h2-11,13H,12H2,1H3,(H,26,27). The highest BCUT2D eigenvalue weighted by molar-refractivity contribution is 5.97. The van der Waals surface area contributed by atoms with Gasteiger partial charge in [-0.15, -0.1) is 0 Å². The van der Waals surface area contributed by atoms with Crippen molar-refractivity contribution in [3.63, 3.8) is 0 Å². The Kier molecular flexibility index (Phi) is 4.88. The van der Waals surface area contributed by atoms with Gasteiger partial charge in [-0.05, 0) is 43.3 Å². The Morgan fingerprint density at radius 2 is 1.82 bits per heavy atom. The molecule has 1 amide bonds. The third-order valence-electron chi connectivity index (χ3n) is 4.12. The van der Waals surface area contributed by atoms with E-state index in [1.54, 1.807) is 49.1 Å². The lowest BCUT2D eigenvalue weighted by molar-refractivity contribution is 0.0951. The summed E-state index contributed by atoms with van der Waals surface area (Å²) in [6.07, 6.45) is 6.51. The largest absolute Gasteiger partial charge is 0.437 e. The van der Waals surface area contributed by atoms with Crippen molar-refractivity contribution in [2.45, 2.75) is 13.5 Å². The fourth-order valence-electron chi connectivity index (χ4n) is 2.66. The quantitative estimate of drug-likeness (QED) is 0.578. The molecule has 0 aliphatic carbocycles. The molecular formula is C21H17N5O2. The molecule has 0 spiro atoms. The summed E-state index contributed by atoms with van der Waals surface area (Å²) in [5, 5.41) is 2.89. The van der Waals surface area contributed by atoms with Gasteiger partial charge in [0.05, 0.1) is 17.2 Å². The maximum absolute atomic E-state index is 12.5. The summed E-state index contributed by atoms with van der Waals surface area (Å²) in [5.74, 6) is 0.808. The molecule has 4 rings (SSSR count). The fraction of sp³-hybridized carbons (Fsp3) is 0.0952. The zero-order valence-electron chi connectivity index (χ0n) is 15.2. The SMILES string of the molecule is Cc1ccc(Oc2ncccc2CNC(=O)c2ccc3nccnc3c2)cn1. The molecule has 7 nitrogen and oxygen atoms in total. The van der Waals surface area contributed by atoms with Gasteiger partial charge in [0, 0.05) is 42.0 Å². The van der Waals surface area contributed by atoms with E-state index in [0.29, 0.717) is 22.7 Å². The van der Waals surface area contributed by atoms with Crippen molar-refractivity contribution in [1.82, 2.24) is 25.3 Å². The molecule has 3 aromatic heterocycles. The molecule has 0 fully saturated rings. The predicted octanol–water partition coefficient (Wildman–Crippen LogP) is 3.45. The van der Waals surface area contributed by atoms with Crippen LogP contribution in [0.4, 0.5) is 0 Å². The minimum absolute atomic E-state index is 0.209. The second kappa shape index (κ2) is 7.79. The van der Waals surface area contributed by atoms with Crippen molar-refractivity contribution in [2.24, 2.45) is 0 Å². The summed E-state index contributed by atoms with van der Waals surface area (Å²) in [4.78, 5) is 29.5. The van der Waals surface area contributed by atoms with Gasteiger partial charge in [-0.25, -0.2) is 4.98 Å². The van der Waals surface area contributed by atoms with Crippen LogP contribution in [0.25, 0.3) is 11.0 Å². The molecule has 7 heteroatoms. The average molecular weight is 371 g/mol. The zero-order valence-corrected chi connectivity index (χ0v) is 15.2. The molecule has 0 radical (unpaired) electrons.